The summed E-state index contributed by atoms with van der Waals surface area (Å²) in [6.45, 7) is 3.78. The highest BCUT2D eigenvalue weighted by atomic mass is 32.2. The van der Waals surface area contributed by atoms with Crippen LogP contribution in [0, 0.1) is 5.92 Å². The van der Waals surface area contributed by atoms with Gasteiger partial charge in [0, 0.05) is 23.9 Å². The maximum Gasteiger partial charge on any atom is 0.326 e. The third kappa shape index (κ3) is 5.10. The van der Waals surface area contributed by atoms with Crippen LogP contribution in [0.1, 0.15) is 29.8 Å². The number of fused-ring (bicyclic) bond motifs is 1. The Balaban J connectivity index is 1.54. The van der Waals surface area contributed by atoms with Crippen LogP contribution < -0.4 is 14.2 Å². The van der Waals surface area contributed by atoms with Gasteiger partial charge < -0.3 is 19.5 Å². The van der Waals surface area contributed by atoms with Gasteiger partial charge in [-0.15, -0.1) is 0 Å². The highest BCUT2D eigenvalue weighted by Crippen LogP contribution is 2.33. The lowest BCUT2D eigenvalue weighted by Crippen LogP contribution is -2.44. The van der Waals surface area contributed by atoms with Crippen LogP contribution in [0.15, 0.2) is 65.6 Å². The number of carbonyl (C=O) groups is 2. The van der Waals surface area contributed by atoms with Crippen molar-refractivity contribution in [3.8, 4) is 22.6 Å². The maximum absolute atomic E-state index is 12.9. The Kier molecular flexibility index (Phi) is 7.13. The summed E-state index contributed by atoms with van der Waals surface area (Å²) in [6.07, 6.45) is 0. The van der Waals surface area contributed by atoms with E-state index in [9.17, 15) is 23.1 Å². The maximum atomic E-state index is 12.9. The number of hydrogen-bond donors (Lipinski definition) is 2. The van der Waals surface area contributed by atoms with E-state index in [1.54, 1.807) is 50.2 Å². The number of ether oxygens (including phenoxy) is 2. The number of rotatable bonds is 9. The predicted molar refractivity (Wildman–Crippen MR) is 138 cm³/mol. The molecule has 3 aromatic rings. The van der Waals surface area contributed by atoms with Crippen molar-refractivity contribution in [2.75, 3.05) is 18.9 Å². The van der Waals surface area contributed by atoms with Crippen LogP contribution in [0.5, 0.6) is 11.5 Å². The Morgan fingerprint density at radius 2 is 1.59 bits per heavy atom. The molecule has 1 aliphatic rings. The monoisotopic (exact) mass is 524 g/mol. The van der Waals surface area contributed by atoms with E-state index in [0.29, 0.717) is 22.7 Å². The molecule has 0 fully saturated rings. The molecular weight excluding hydrogens is 496 g/mol. The molecule has 0 radical (unpaired) electrons. The van der Waals surface area contributed by atoms with E-state index in [-0.39, 0.29) is 23.3 Å². The van der Waals surface area contributed by atoms with Crippen molar-refractivity contribution in [3.05, 3.63) is 71.8 Å². The van der Waals surface area contributed by atoms with Gasteiger partial charge >= 0.3 is 5.97 Å². The van der Waals surface area contributed by atoms with Gasteiger partial charge in [0.1, 0.15) is 6.04 Å². The molecule has 3 aromatic carbocycles. The first kappa shape index (κ1) is 26.0. The second kappa shape index (κ2) is 10.1. The minimum Gasteiger partial charge on any atom is -0.493 e. The molecule has 1 heterocycles. The lowest BCUT2D eigenvalue weighted by Gasteiger charge is -2.27. The van der Waals surface area contributed by atoms with Gasteiger partial charge in [-0.05, 0) is 59.0 Å². The SMILES string of the molecule is COc1ccc(S(=O)(=O)Nc2ccc(-c3ccc4c(c3)CN([C@H](C(=O)O)C(C)C)C4=O)cc2)cc1OC. The van der Waals surface area contributed by atoms with Crippen LogP contribution in [0.2, 0.25) is 0 Å². The van der Waals surface area contributed by atoms with Gasteiger partial charge in [-0.1, -0.05) is 32.0 Å². The van der Waals surface area contributed by atoms with Crippen LogP contribution in [0.25, 0.3) is 11.1 Å². The summed E-state index contributed by atoms with van der Waals surface area (Å²) < 4.78 is 38.7. The highest BCUT2D eigenvalue weighted by molar-refractivity contribution is 7.92. The Bertz CT molecular complexity index is 1450. The summed E-state index contributed by atoms with van der Waals surface area (Å²) in [5.74, 6) is -0.819. The van der Waals surface area contributed by atoms with E-state index in [4.69, 9.17) is 9.47 Å². The number of hydrogen-bond acceptors (Lipinski definition) is 6. The Hall–Kier alpha value is -4.05. The first-order chi connectivity index (χ1) is 17.6. The molecule has 1 amide bonds. The first-order valence-electron chi connectivity index (χ1n) is 11.6. The zero-order valence-corrected chi connectivity index (χ0v) is 21.7. The van der Waals surface area contributed by atoms with E-state index in [1.165, 1.54) is 37.3 Å². The van der Waals surface area contributed by atoms with E-state index in [2.05, 4.69) is 4.72 Å². The van der Waals surface area contributed by atoms with Crippen LogP contribution in [0.4, 0.5) is 5.69 Å². The molecule has 0 spiro atoms. The first-order valence-corrected chi connectivity index (χ1v) is 13.1. The van der Waals surface area contributed by atoms with Crippen LogP contribution in [-0.2, 0) is 21.4 Å². The molecule has 0 bridgehead atoms. The summed E-state index contributed by atoms with van der Waals surface area (Å²) in [7, 11) is -0.964. The minimum atomic E-state index is -3.87. The molecule has 10 heteroatoms. The number of carboxylic acids is 1. The van der Waals surface area contributed by atoms with Crippen molar-refractivity contribution in [2.24, 2.45) is 5.92 Å². The predicted octanol–water partition coefficient (Wildman–Crippen LogP) is 4.24. The third-order valence-electron chi connectivity index (χ3n) is 6.29. The zero-order chi connectivity index (χ0) is 26.9. The molecule has 1 atom stereocenters. The molecule has 0 unspecified atom stereocenters. The van der Waals surface area contributed by atoms with Crippen molar-refractivity contribution in [2.45, 2.75) is 31.3 Å². The van der Waals surface area contributed by atoms with Gasteiger partial charge in [0.2, 0.25) is 0 Å². The molecule has 194 valence electrons. The van der Waals surface area contributed by atoms with Crippen LogP contribution in [0.3, 0.4) is 0 Å². The molecule has 0 aliphatic carbocycles. The second-order valence-corrected chi connectivity index (χ2v) is 10.7. The van der Waals surface area contributed by atoms with Crippen molar-refractivity contribution in [1.29, 1.82) is 0 Å². The Morgan fingerprint density at radius 3 is 2.19 bits per heavy atom. The number of sulfonamides is 1. The average Bonchev–Trinajstić information content (AvgIpc) is 3.18. The quantitative estimate of drug-likeness (QED) is 0.429. The van der Waals surface area contributed by atoms with Crippen LogP contribution >= 0.6 is 0 Å². The van der Waals surface area contributed by atoms with Gasteiger partial charge in [-0.3, -0.25) is 9.52 Å². The largest absolute Gasteiger partial charge is 0.493 e. The molecule has 4 rings (SSSR count). The van der Waals surface area contributed by atoms with Crippen molar-refractivity contribution < 1.29 is 32.6 Å². The summed E-state index contributed by atoms with van der Waals surface area (Å²) in [5.41, 5.74) is 3.28. The van der Waals surface area contributed by atoms with Gasteiger partial charge in [0.15, 0.2) is 11.5 Å². The third-order valence-corrected chi connectivity index (χ3v) is 7.67. The standard InChI is InChI=1S/C27H28N2O7S/c1-16(2)25(27(31)32)29-15-19-13-18(7-11-22(19)26(29)30)17-5-8-20(9-6-17)28-37(33,34)21-10-12-23(35-3)24(14-21)36-4/h5-14,16,25,28H,15H2,1-4H3,(H,31,32)/t25-/m0/s1. The fourth-order valence-corrected chi connectivity index (χ4v) is 5.53. The Morgan fingerprint density at radius 1 is 0.946 bits per heavy atom. The van der Waals surface area contributed by atoms with Crippen molar-refractivity contribution in [1.82, 2.24) is 4.90 Å². The van der Waals surface area contributed by atoms with Crippen molar-refractivity contribution in [3.63, 3.8) is 0 Å². The molecule has 9 nitrogen and oxygen atoms in total. The normalized spacial score (nSPS) is 13.9. The number of amides is 1. The smallest absolute Gasteiger partial charge is 0.326 e. The number of nitrogens with one attached hydrogen (secondary N) is 1. The van der Waals surface area contributed by atoms with Crippen LogP contribution in [-0.4, -0.2) is 50.6 Å². The van der Waals surface area contributed by atoms with Gasteiger partial charge in [-0.25, -0.2) is 13.2 Å². The topological polar surface area (TPSA) is 122 Å². The zero-order valence-electron chi connectivity index (χ0n) is 20.9. The minimum absolute atomic E-state index is 0.0307. The van der Waals surface area contributed by atoms with E-state index in [1.807, 2.05) is 6.07 Å². The molecule has 0 saturated heterocycles. The molecular formula is C27H28N2O7S. The Labute approximate surface area is 215 Å². The molecule has 0 saturated carbocycles. The number of carboxylic acid groups (broad SMARTS) is 1. The number of carbonyl (C=O) groups excluding carboxylic acids is 1. The number of anilines is 1. The summed E-state index contributed by atoms with van der Waals surface area (Å²) in [5, 5.41) is 9.61. The number of nitrogens with zero attached hydrogens (tertiary/aromatic N) is 1. The number of aliphatic carboxylic acids is 1. The number of benzene rings is 3. The van der Waals surface area contributed by atoms with Crippen molar-refractivity contribution >= 4 is 27.6 Å². The molecule has 0 aromatic heterocycles. The second-order valence-electron chi connectivity index (χ2n) is 9.03. The fraction of sp³-hybridized carbons (Fsp3) is 0.259. The molecule has 1 aliphatic heterocycles. The van der Waals surface area contributed by atoms with Gasteiger partial charge in [0.25, 0.3) is 15.9 Å². The van der Waals surface area contributed by atoms with Gasteiger partial charge in [-0.2, -0.15) is 0 Å². The molecule has 2 N–H and O–H groups in total. The summed E-state index contributed by atoms with van der Waals surface area (Å²) in [6, 6.07) is 15.7. The highest BCUT2D eigenvalue weighted by Gasteiger charge is 2.38. The van der Waals surface area contributed by atoms with E-state index >= 15 is 0 Å². The number of methoxy groups -OCH3 is 2. The van der Waals surface area contributed by atoms with Gasteiger partial charge in [0.05, 0.1) is 19.1 Å². The van der Waals surface area contributed by atoms with E-state index < -0.39 is 22.0 Å². The molecule has 37 heavy (non-hydrogen) atoms. The summed E-state index contributed by atoms with van der Waals surface area (Å²) in [4.78, 5) is 26.0. The lowest BCUT2D eigenvalue weighted by atomic mass is 10.0. The van der Waals surface area contributed by atoms with E-state index in [0.717, 1.165) is 16.7 Å². The summed E-state index contributed by atoms with van der Waals surface area (Å²) >= 11 is 0. The lowest BCUT2D eigenvalue weighted by molar-refractivity contribution is -0.144. The fourth-order valence-electron chi connectivity index (χ4n) is 4.45. The average molecular weight is 525 g/mol.